The van der Waals surface area contributed by atoms with Gasteiger partial charge in [-0.1, -0.05) is 133 Å². The van der Waals surface area contributed by atoms with E-state index in [1.165, 1.54) is 38.7 Å². The van der Waals surface area contributed by atoms with Crippen molar-refractivity contribution >= 4 is 29.0 Å². The van der Waals surface area contributed by atoms with Gasteiger partial charge in [0.25, 0.3) is 10.1 Å². The van der Waals surface area contributed by atoms with E-state index in [1.54, 1.807) is 6.07 Å². The number of nitrogens with one attached hydrogen (secondary N) is 1. The third-order valence-electron chi connectivity index (χ3n) is 8.44. The van der Waals surface area contributed by atoms with Crippen LogP contribution in [-0.2, 0) is 30.5 Å². The molecule has 0 aliphatic carbocycles. The summed E-state index contributed by atoms with van der Waals surface area (Å²) in [7, 11) is -2.36. The molecule has 4 aromatic carbocycles. The van der Waals surface area contributed by atoms with Gasteiger partial charge in [-0.2, -0.15) is 14.1 Å². The van der Waals surface area contributed by atoms with Crippen LogP contribution in [0.2, 0.25) is 0 Å². The third-order valence-corrected chi connectivity index (χ3v) is 12.0. The van der Waals surface area contributed by atoms with E-state index in [0.717, 1.165) is 16.9 Å². The number of rotatable bonds is 7. The first-order chi connectivity index (χ1) is 23.4. The fourth-order valence-electron chi connectivity index (χ4n) is 6.58. The zero-order chi connectivity index (χ0) is 39.1. The molecule has 0 saturated carbocycles. The van der Waals surface area contributed by atoms with E-state index in [2.05, 4.69) is 120 Å². The van der Waals surface area contributed by atoms with Gasteiger partial charge in [0, 0.05) is 5.30 Å². The van der Waals surface area contributed by atoms with Crippen molar-refractivity contribution in [1.82, 2.24) is 0 Å². The van der Waals surface area contributed by atoms with Crippen LogP contribution < -0.4 is 10.0 Å². The van der Waals surface area contributed by atoms with Crippen molar-refractivity contribution in [3.8, 4) is 28.0 Å². The van der Waals surface area contributed by atoms with Crippen LogP contribution in [0.15, 0.2) is 72.8 Å². The zero-order valence-corrected chi connectivity index (χ0v) is 37.3. The molecule has 0 radical (unpaired) electrons. The summed E-state index contributed by atoms with van der Waals surface area (Å²) in [5.41, 5.74) is 18.8. The maximum absolute atomic E-state index is 9.19. The summed E-state index contributed by atoms with van der Waals surface area (Å²) in [4.78, 5) is 0. The van der Waals surface area contributed by atoms with Crippen molar-refractivity contribution in [2.45, 2.75) is 118 Å². The second-order valence-corrected chi connectivity index (χ2v) is 21.3. The molecule has 0 atom stereocenters. The molecule has 0 aliphatic rings. The summed E-state index contributed by atoms with van der Waals surface area (Å²) in [5.74, 6) is 2.46. The topological polar surface area (TPSA) is 87.4 Å². The van der Waals surface area contributed by atoms with E-state index in [-0.39, 0.29) is 30.7 Å². The van der Waals surface area contributed by atoms with Gasteiger partial charge in [0.05, 0.1) is 13.4 Å². The molecule has 0 unspecified atom stereocenters. The Labute approximate surface area is 331 Å². The molecule has 0 heterocycles. The maximum Gasteiger partial charge on any atom is 2.00 e. The van der Waals surface area contributed by atoms with E-state index < -0.39 is 18.0 Å². The molecule has 0 bridgehead atoms. The summed E-state index contributed by atoms with van der Waals surface area (Å²) in [6.45, 7) is 30.7. The zero-order valence-electron chi connectivity index (χ0n) is 34.0. The predicted octanol–water partition coefficient (Wildman–Crippen LogP) is 13.1. The van der Waals surface area contributed by atoms with Gasteiger partial charge in [-0.05, 0) is 74.4 Å². The normalized spacial score (nSPS) is 11.8. The quantitative estimate of drug-likeness (QED) is 0.0869. The summed E-state index contributed by atoms with van der Waals surface area (Å²) in [6, 6.07) is 27.8. The fourth-order valence-corrected chi connectivity index (χ4v) is 10.8. The monoisotopic (exact) mass is 837 g/mol. The Morgan fingerprint density at radius 3 is 1.63 bits per heavy atom. The van der Waals surface area contributed by atoms with Crippen molar-refractivity contribution in [2.75, 3.05) is 13.4 Å². The Balaban J connectivity index is 0.000000581. The van der Waals surface area contributed by atoms with Crippen LogP contribution in [0.1, 0.15) is 123 Å². The molecule has 0 fully saturated rings. The summed E-state index contributed by atoms with van der Waals surface area (Å²) >= 11 is 0. The Morgan fingerprint density at radius 1 is 0.769 bits per heavy atom. The SMILES string of the molecule is COc1ccc(C)c(-c2c(C(C)C)cc(C(C)C)cc2C(C)C)c1P(C(C)(C)C)C(C)(C)C.CS(=O)(=O)O.[NH-]c1ccccc1-c1[c-]cccc1.[Pd+2]. The molecule has 2 N–H and O–H groups in total. The van der Waals surface area contributed by atoms with E-state index in [4.69, 9.17) is 15.0 Å². The summed E-state index contributed by atoms with van der Waals surface area (Å²) in [6.07, 6.45) is 0.715. The smallest absolute Gasteiger partial charge is 0.706 e. The van der Waals surface area contributed by atoms with Gasteiger partial charge >= 0.3 is 20.4 Å². The molecule has 8 heteroatoms. The average Bonchev–Trinajstić information content (AvgIpc) is 2.99. The molecular formula is C44H62NO4PPdS. The van der Waals surface area contributed by atoms with Crippen molar-refractivity contribution < 1.29 is 38.1 Å². The van der Waals surface area contributed by atoms with Gasteiger partial charge in [0.1, 0.15) is 5.75 Å². The van der Waals surface area contributed by atoms with Crippen LogP contribution in [0.3, 0.4) is 0 Å². The number of hydrogen-bond donors (Lipinski definition) is 1. The molecule has 5 nitrogen and oxygen atoms in total. The van der Waals surface area contributed by atoms with E-state index in [1.807, 2.05) is 49.6 Å². The molecule has 0 amide bonds. The van der Waals surface area contributed by atoms with Gasteiger partial charge in [-0.15, -0.1) is 41.5 Å². The number of aryl methyl sites for hydroxylation is 1. The first-order valence-corrected chi connectivity index (χ1v) is 20.9. The van der Waals surface area contributed by atoms with Crippen LogP contribution in [0.5, 0.6) is 5.75 Å². The van der Waals surface area contributed by atoms with Crippen molar-refractivity contribution in [1.29, 1.82) is 0 Å². The minimum absolute atomic E-state index is 0. The first-order valence-electron chi connectivity index (χ1n) is 17.8. The largest absolute Gasteiger partial charge is 2.00 e. The van der Waals surface area contributed by atoms with Gasteiger partial charge in [0.2, 0.25) is 0 Å². The number of hydrogen-bond acceptors (Lipinski definition) is 3. The molecule has 0 aromatic heterocycles. The Morgan fingerprint density at radius 2 is 1.25 bits per heavy atom. The molecule has 0 spiro atoms. The van der Waals surface area contributed by atoms with Crippen LogP contribution in [0.4, 0.5) is 5.69 Å². The van der Waals surface area contributed by atoms with Gasteiger partial charge < -0.3 is 10.5 Å². The van der Waals surface area contributed by atoms with Crippen LogP contribution in [0.25, 0.3) is 28.0 Å². The number of ether oxygens (including phenoxy) is 1. The second kappa shape index (κ2) is 19.7. The van der Waals surface area contributed by atoms with E-state index in [0.29, 0.717) is 29.7 Å². The standard InChI is InChI=1S/C31H49OP.C12H9N.CH4O3S.Pd/c1-19(2)23-17-24(20(3)4)28(25(18-23)21(5)6)27-22(7)15-16-26(32-14)29(27)33(30(8,9)10)31(11,12)13;13-12-9-5-4-8-11(12)10-6-2-1-3-7-10;1-5(2,3)4;/h15-21H,1-14H3;1-6,8-9,13H;1H3,(H,2,3,4);/q;-2;;+2. The molecule has 288 valence electrons. The summed E-state index contributed by atoms with van der Waals surface area (Å²) < 4.78 is 32.0. The predicted molar refractivity (Wildman–Crippen MR) is 224 cm³/mol. The first kappa shape index (κ1) is 47.5. The van der Waals surface area contributed by atoms with Gasteiger partial charge in [-0.3, -0.25) is 4.55 Å². The molecule has 0 aliphatic heterocycles. The van der Waals surface area contributed by atoms with E-state index >= 15 is 0 Å². The maximum atomic E-state index is 9.19. The van der Waals surface area contributed by atoms with Crippen molar-refractivity contribution in [2.24, 2.45) is 0 Å². The van der Waals surface area contributed by atoms with Gasteiger partial charge in [-0.25, -0.2) is 0 Å². The number of benzene rings is 4. The van der Waals surface area contributed by atoms with Crippen LogP contribution in [-0.4, -0.2) is 36.6 Å². The van der Waals surface area contributed by atoms with E-state index in [9.17, 15) is 8.42 Å². The summed E-state index contributed by atoms with van der Waals surface area (Å²) in [5, 5.41) is 1.74. The van der Waals surface area contributed by atoms with Gasteiger partial charge in [0.15, 0.2) is 0 Å². The average molecular weight is 838 g/mol. The van der Waals surface area contributed by atoms with Crippen LogP contribution >= 0.6 is 7.92 Å². The van der Waals surface area contributed by atoms with Crippen molar-refractivity contribution in [3.05, 3.63) is 107 Å². The molecule has 52 heavy (non-hydrogen) atoms. The molecule has 0 saturated heterocycles. The fraction of sp³-hybridized carbons (Fsp3) is 0.455. The number of methoxy groups -OCH3 is 1. The van der Waals surface area contributed by atoms with Crippen LogP contribution in [0, 0.1) is 13.0 Å². The molecular weight excluding hydrogens is 776 g/mol. The third kappa shape index (κ3) is 13.4. The molecule has 4 aromatic rings. The second-order valence-electron chi connectivity index (χ2n) is 16.1. The molecule has 4 rings (SSSR count). The minimum atomic E-state index is -3.67. The Kier molecular flexibility index (Phi) is 18.0. The minimum Gasteiger partial charge on any atom is -0.706 e. The Hall–Kier alpha value is -2.52. The Bertz CT molecular complexity index is 1790. The van der Waals surface area contributed by atoms with Crippen molar-refractivity contribution in [3.63, 3.8) is 0 Å².